The first-order chi connectivity index (χ1) is 5.56. The van der Waals surface area contributed by atoms with E-state index in [0.717, 1.165) is 6.42 Å². The first-order valence-corrected chi connectivity index (χ1v) is 3.87. The summed E-state index contributed by atoms with van der Waals surface area (Å²) in [6.07, 6.45) is 8.42. The van der Waals surface area contributed by atoms with Gasteiger partial charge in [-0.15, -0.1) is 18.9 Å². The molecule has 0 aromatic carbocycles. The molecule has 0 aliphatic carbocycles. The minimum Gasteiger partial charge on any atom is -0.481 e. The molecule has 0 aliphatic rings. The minimum absolute atomic E-state index is 0.552. The van der Waals surface area contributed by atoms with E-state index in [1.54, 1.807) is 6.92 Å². The lowest BCUT2D eigenvalue weighted by molar-refractivity contribution is -0.145. The molecule has 0 amide bonds. The third-order valence-corrected chi connectivity index (χ3v) is 1.96. The Balaban J connectivity index is 4.08. The van der Waals surface area contributed by atoms with Crippen LogP contribution in [-0.4, -0.2) is 11.1 Å². The van der Waals surface area contributed by atoms with Crippen LogP contribution in [0.2, 0.25) is 0 Å². The van der Waals surface area contributed by atoms with E-state index in [0.29, 0.717) is 12.8 Å². The molecule has 1 unspecified atom stereocenters. The van der Waals surface area contributed by atoms with Gasteiger partial charge in [0.2, 0.25) is 0 Å². The lowest BCUT2D eigenvalue weighted by Gasteiger charge is -2.19. The maximum Gasteiger partial charge on any atom is 0.313 e. The van der Waals surface area contributed by atoms with Crippen molar-refractivity contribution in [3.05, 3.63) is 12.7 Å². The summed E-state index contributed by atoms with van der Waals surface area (Å²) in [6, 6.07) is 0. The molecule has 1 atom stereocenters. The van der Waals surface area contributed by atoms with Crippen molar-refractivity contribution in [3.8, 4) is 12.3 Å². The Hall–Kier alpha value is -1.23. The van der Waals surface area contributed by atoms with Gasteiger partial charge >= 0.3 is 5.97 Å². The average molecular weight is 166 g/mol. The van der Waals surface area contributed by atoms with Gasteiger partial charge in [-0.1, -0.05) is 6.08 Å². The standard InChI is InChI=1S/C10H14O2/c1-4-6-7-8-10(3,5-2)9(11)12/h1,5H,2,6-8H2,3H3,(H,11,12). The third-order valence-electron chi connectivity index (χ3n) is 1.96. The van der Waals surface area contributed by atoms with Crippen molar-refractivity contribution in [1.82, 2.24) is 0 Å². The summed E-state index contributed by atoms with van der Waals surface area (Å²) in [5.41, 5.74) is -0.823. The maximum atomic E-state index is 10.7. The zero-order valence-electron chi connectivity index (χ0n) is 7.34. The van der Waals surface area contributed by atoms with Crippen LogP contribution in [0.25, 0.3) is 0 Å². The summed E-state index contributed by atoms with van der Waals surface area (Å²) in [6.45, 7) is 5.15. The van der Waals surface area contributed by atoms with E-state index >= 15 is 0 Å². The van der Waals surface area contributed by atoms with E-state index in [1.807, 2.05) is 0 Å². The van der Waals surface area contributed by atoms with Crippen LogP contribution in [0.5, 0.6) is 0 Å². The highest BCUT2D eigenvalue weighted by atomic mass is 16.4. The molecule has 0 heterocycles. The number of carboxylic acid groups (broad SMARTS) is 1. The summed E-state index contributed by atoms with van der Waals surface area (Å²) in [5, 5.41) is 8.81. The molecule has 0 bridgehead atoms. The van der Waals surface area contributed by atoms with Gasteiger partial charge in [-0.25, -0.2) is 0 Å². The summed E-state index contributed by atoms with van der Waals surface area (Å²) < 4.78 is 0. The SMILES string of the molecule is C#CCCCC(C)(C=C)C(=O)O. The van der Waals surface area contributed by atoms with Crippen molar-refractivity contribution in [3.63, 3.8) is 0 Å². The second-order valence-electron chi connectivity index (χ2n) is 2.98. The van der Waals surface area contributed by atoms with Gasteiger partial charge in [-0.05, 0) is 19.8 Å². The Morgan fingerprint density at radius 3 is 2.75 bits per heavy atom. The Bertz CT molecular complexity index is 212. The summed E-state index contributed by atoms with van der Waals surface area (Å²) in [4.78, 5) is 10.7. The molecule has 2 heteroatoms. The smallest absolute Gasteiger partial charge is 0.313 e. The first kappa shape index (κ1) is 10.8. The molecule has 1 N–H and O–H groups in total. The maximum absolute atomic E-state index is 10.7. The zero-order chi connectivity index (χ0) is 9.61. The average Bonchev–Trinajstić information content (AvgIpc) is 2.04. The van der Waals surface area contributed by atoms with Crippen molar-refractivity contribution < 1.29 is 9.90 Å². The number of unbranched alkanes of at least 4 members (excludes halogenated alkanes) is 1. The molecule has 0 saturated carbocycles. The molecular weight excluding hydrogens is 152 g/mol. The first-order valence-electron chi connectivity index (χ1n) is 3.87. The second-order valence-corrected chi connectivity index (χ2v) is 2.98. The predicted molar refractivity (Wildman–Crippen MR) is 48.6 cm³/mol. The van der Waals surface area contributed by atoms with Crippen LogP contribution >= 0.6 is 0 Å². The Kier molecular flexibility index (Phi) is 4.14. The third kappa shape index (κ3) is 2.79. The molecule has 2 nitrogen and oxygen atoms in total. The van der Waals surface area contributed by atoms with Crippen LogP contribution in [-0.2, 0) is 4.79 Å². The van der Waals surface area contributed by atoms with Gasteiger partial charge < -0.3 is 5.11 Å². The number of terminal acetylenes is 1. The number of carboxylic acids is 1. The predicted octanol–water partition coefficient (Wildman–Crippen LogP) is 2.07. The molecule has 0 aromatic rings. The van der Waals surface area contributed by atoms with Crippen molar-refractivity contribution in [2.24, 2.45) is 5.41 Å². The van der Waals surface area contributed by atoms with Gasteiger partial charge in [0, 0.05) is 6.42 Å². The largest absolute Gasteiger partial charge is 0.481 e. The Morgan fingerprint density at radius 2 is 2.42 bits per heavy atom. The molecule has 0 aromatic heterocycles. The number of rotatable bonds is 5. The monoisotopic (exact) mass is 166 g/mol. The van der Waals surface area contributed by atoms with Gasteiger partial charge in [0.15, 0.2) is 0 Å². The fraction of sp³-hybridized carbons (Fsp3) is 0.500. The van der Waals surface area contributed by atoms with Crippen molar-refractivity contribution in [2.75, 3.05) is 0 Å². The molecule has 0 fully saturated rings. The van der Waals surface area contributed by atoms with E-state index in [-0.39, 0.29) is 0 Å². The quantitative estimate of drug-likeness (QED) is 0.385. The van der Waals surface area contributed by atoms with Crippen molar-refractivity contribution in [2.45, 2.75) is 26.2 Å². The van der Waals surface area contributed by atoms with Crippen molar-refractivity contribution in [1.29, 1.82) is 0 Å². The van der Waals surface area contributed by atoms with Crippen molar-refractivity contribution >= 4 is 5.97 Å². The molecule has 0 spiro atoms. The van der Waals surface area contributed by atoms with E-state index in [4.69, 9.17) is 11.5 Å². The van der Waals surface area contributed by atoms with Gasteiger partial charge in [0.1, 0.15) is 0 Å². The summed E-state index contributed by atoms with van der Waals surface area (Å²) in [7, 11) is 0. The molecular formula is C10H14O2. The van der Waals surface area contributed by atoms with Crippen LogP contribution in [0, 0.1) is 17.8 Å². The second kappa shape index (κ2) is 4.61. The van der Waals surface area contributed by atoms with Crippen LogP contribution in [0.1, 0.15) is 26.2 Å². The minimum atomic E-state index is -0.838. The highest BCUT2D eigenvalue weighted by molar-refractivity contribution is 5.76. The number of hydrogen-bond acceptors (Lipinski definition) is 1. The number of hydrogen-bond donors (Lipinski definition) is 1. The van der Waals surface area contributed by atoms with E-state index < -0.39 is 11.4 Å². The lowest BCUT2D eigenvalue weighted by atomic mass is 9.85. The zero-order valence-corrected chi connectivity index (χ0v) is 7.34. The Labute approximate surface area is 73.3 Å². The van der Waals surface area contributed by atoms with Gasteiger partial charge in [0.25, 0.3) is 0 Å². The van der Waals surface area contributed by atoms with Gasteiger partial charge in [-0.2, -0.15) is 0 Å². The number of carbonyl (C=O) groups is 1. The molecule has 0 radical (unpaired) electrons. The van der Waals surface area contributed by atoms with Gasteiger partial charge in [0.05, 0.1) is 5.41 Å². The molecule has 66 valence electrons. The Morgan fingerprint density at radius 1 is 1.83 bits per heavy atom. The fourth-order valence-electron chi connectivity index (χ4n) is 0.854. The fourth-order valence-corrected chi connectivity index (χ4v) is 0.854. The highest BCUT2D eigenvalue weighted by Gasteiger charge is 2.28. The molecule has 0 saturated heterocycles. The summed E-state index contributed by atoms with van der Waals surface area (Å²) >= 11 is 0. The van der Waals surface area contributed by atoms with Crippen LogP contribution in [0.15, 0.2) is 12.7 Å². The van der Waals surface area contributed by atoms with E-state index in [2.05, 4.69) is 12.5 Å². The summed E-state index contributed by atoms with van der Waals surface area (Å²) in [5.74, 6) is 1.64. The highest BCUT2D eigenvalue weighted by Crippen LogP contribution is 2.25. The van der Waals surface area contributed by atoms with Crippen LogP contribution < -0.4 is 0 Å². The van der Waals surface area contributed by atoms with E-state index in [9.17, 15) is 4.79 Å². The molecule has 12 heavy (non-hydrogen) atoms. The van der Waals surface area contributed by atoms with Crippen LogP contribution in [0.4, 0.5) is 0 Å². The molecule has 0 rings (SSSR count). The molecule has 0 aliphatic heterocycles. The van der Waals surface area contributed by atoms with Crippen LogP contribution in [0.3, 0.4) is 0 Å². The van der Waals surface area contributed by atoms with Gasteiger partial charge in [-0.3, -0.25) is 4.79 Å². The lowest BCUT2D eigenvalue weighted by Crippen LogP contribution is -2.24. The normalized spacial score (nSPS) is 14.3. The van der Waals surface area contributed by atoms with E-state index in [1.165, 1.54) is 6.08 Å². The topological polar surface area (TPSA) is 37.3 Å². The number of aliphatic carboxylic acids is 1.